The van der Waals surface area contributed by atoms with Crippen LogP contribution >= 0.6 is 0 Å². The molecule has 122 valence electrons. The lowest BCUT2D eigenvalue weighted by Gasteiger charge is -2.11. The molecule has 0 saturated carbocycles. The molecule has 1 nitrogen and oxygen atoms in total. The molecule has 0 aromatic heterocycles. The van der Waals surface area contributed by atoms with Gasteiger partial charge in [0.25, 0.3) is 0 Å². The van der Waals surface area contributed by atoms with Crippen LogP contribution in [0.1, 0.15) is 64.5 Å². The molecule has 0 aliphatic heterocycles. The van der Waals surface area contributed by atoms with Crippen molar-refractivity contribution in [1.82, 2.24) is 0 Å². The Labute approximate surface area is 136 Å². The number of Topliss-reactive ketones (excluding diaryl/α,β-unsaturated/α-hetero) is 1. The largest absolute Gasteiger partial charge is 0.299 e. The van der Waals surface area contributed by atoms with E-state index in [-0.39, 0.29) is 5.92 Å². The van der Waals surface area contributed by atoms with Gasteiger partial charge in [-0.2, -0.15) is 0 Å². The fraction of sp³-hybridized carbons (Fsp3) is 0.571. The van der Waals surface area contributed by atoms with Crippen molar-refractivity contribution >= 4 is 5.78 Å². The molecule has 0 aliphatic rings. The van der Waals surface area contributed by atoms with Gasteiger partial charge in [0.1, 0.15) is 5.78 Å². The Balaban J connectivity index is 2.50. The fourth-order valence-electron chi connectivity index (χ4n) is 2.64. The van der Waals surface area contributed by atoms with E-state index in [1.54, 1.807) is 0 Å². The predicted octanol–water partition coefficient (Wildman–Crippen LogP) is 5.77. The lowest BCUT2D eigenvalue weighted by Crippen LogP contribution is -2.11. The Morgan fingerprint density at radius 2 is 1.68 bits per heavy atom. The van der Waals surface area contributed by atoms with Crippen molar-refractivity contribution in [3.8, 4) is 0 Å². The zero-order valence-electron chi connectivity index (χ0n) is 14.8. The van der Waals surface area contributed by atoms with Gasteiger partial charge in [-0.1, -0.05) is 70.5 Å². The molecule has 1 rings (SSSR count). The van der Waals surface area contributed by atoms with Gasteiger partial charge in [-0.15, -0.1) is 0 Å². The molecule has 0 amide bonds. The Morgan fingerprint density at radius 3 is 2.23 bits per heavy atom. The van der Waals surface area contributed by atoms with Gasteiger partial charge in [0, 0.05) is 12.3 Å². The maximum Gasteiger partial charge on any atom is 0.136 e. The minimum absolute atomic E-state index is 0.211. The number of benzene rings is 1. The molecule has 0 spiro atoms. The van der Waals surface area contributed by atoms with Crippen molar-refractivity contribution < 1.29 is 4.79 Å². The summed E-state index contributed by atoms with van der Waals surface area (Å²) in [6.45, 7) is 12.7. The van der Waals surface area contributed by atoms with E-state index in [4.69, 9.17) is 0 Å². The first-order valence-corrected chi connectivity index (χ1v) is 8.72. The molecule has 1 aromatic rings. The Kier molecular flexibility index (Phi) is 8.16. The van der Waals surface area contributed by atoms with Crippen molar-refractivity contribution in [2.75, 3.05) is 0 Å². The van der Waals surface area contributed by atoms with Crippen LogP contribution in [-0.2, 0) is 17.6 Å². The summed E-state index contributed by atoms with van der Waals surface area (Å²) in [7, 11) is 0. The molecule has 0 bridgehead atoms. The van der Waals surface area contributed by atoms with Crippen LogP contribution in [0, 0.1) is 11.8 Å². The van der Waals surface area contributed by atoms with E-state index in [1.165, 1.54) is 16.7 Å². The molecule has 0 radical (unpaired) electrons. The second-order valence-corrected chi connectivity index (χ2v) is 6.79. The van der Waals surface area contributed by atoms with Crippen LogP contribution in [0.15, 0.2) is 36.4 Å². The highest BCUT2D eigenvalue weighted by molar-refractivity contribution is 5.80. The number of carbonyl (C=O) groups excluding carboxylic acids is 1. The van der Waals surface area contributed by atoms with Crippen LogP contribution in [0.2, 0.25) is 0 Å². The van der Waals surface area contributed by atoms with E-state index in [0.29, 0.717) is 18.1 Å². The predicted molar refractivity (Wildman–Crippen MR) is 96.1 cm³/mol. The Hall–Kier alpha value is -1.37. The molecule has 1 heteroatoms. The summed E-state index contributed by atoms with van der Waals surface area (Å²) >= 11 is 0. The molecule has 1 aromatic carbocycles. The van der Waals surface area contributed by atoms with E-state index < -0.39 is 0 Å². The molecule has 1 atom stereocenters. The van der Waals surface area contributed by atoms with Gasteiger partial charge in [0.2, 0.25) is 0 Å². The zero-order chi connectivity index (χ0) is 16.5. The molecule has 0 aliphatic carbocycles. The maximum atomic E-state index is 12.1. The number of allylic oxidation sites excluding steroid dienone is 1. The summed E-state index contributed by atoms with van der Waals surface area (Å²) in [5.41, 5.74) is 3.95. The average Bonchev–Trinajstić information content (AvgIpc) is 2.50. The topological polar surface area (TPSA) is 17.1 Å². The normalized spacial score (nSPS) is 12.4. The summed E-state index contributed by atoms with van der Waals surface area (Å²) in [5, 5.41) is 0. The lowest BCUT2D eigenvalue weighted by molar-refractivity contribution is -0.122. The number of hydrogen-bond donors (Lipinski definition) is 0. The highest BCUT2D eigenvalue weighted by Crippen LogP contribution is 2.17. The minimum Gasteiger partial charge on any atom is -0.299 e. The van der Waals surface area contributed by atoms with Crippen LogP contribution in [-0.4, -0.2) is 5.78 Å². The molecule has 0 N–H and O–H groups in total. The van der Waals surface area contributed by atoms with Gasteiger partial charge in [-0.05, 0) is 42.7 Å². The summed E-state index contributed by atoms with van der Waals surface area (Å²) in [5.74, 6) is 1.17. The summed E-state index contributed by atoms with van der Waals surface area (Å²) in [6, 6.07) is 8.69. The average molecular weight is 300 g/mol. The number of ketones is 1. The van der Waals surface area contributed by atoms with Crippen molar-refractivity contribution in [3.63, 3.8) is 0 Å². The summed E-state index contributed by atoms with van der Waals surface area (Å²) < 4.78 is 0. The minimum atomic E-state index is 0.211. The van der Waals surface area contributed by atoms with Gasteiger partial charge in [0.05, 0.1) is 0 Å². The zero-order valence-corrected chi connectivity index (χ0v) is 14.8. The third-order valence-electron chi connectivity index (χ3n) is 4.47. The van der Waals surface area contributed by atoms with Gasteiger partial charge in [-0.3, -0.25) is 4.79 Å². The van der Waals surface area contributed by atoms with Crippen molar-refractivity contribution in [3.05, 3.63) is 47.5 Å². The summed E-state index contributed by atoms with van der Waals surface area (Å²) in [4.78, 5) is 12.1. The highest BCUT2D eigenvalue weighted by atomic mass is 16.1. The van der Waals surface area contributed by atoms with Crippen molar-refractivity contribution in [2.24, 2.45) is 11.8 Å². The van der Waals surface area contributed by atoms with E-state index in [0.717, 1.165) is 32.1 Å². The molecular formula is C21H32O. The molecule has 1 unspecified atom stereocenters. The van der Waals surface area contributed by atoms with Gasteiger partial charge < -0.3 is 0 Å². The highest BCUT2D eigenvalue weighted by Gasteiger charge is 2.11. The van der Waals surface area contributed by atoms with Crippen LogP contribution < -0.4 is 0 Å². The number of rotatable bonds is 10. The van der Waals surface area contributed by atoms with Gasteiger partial charge in [-0.25, -0.2) is 0 Å². The quantitative estimate of drug-likeness (QED) is 0.501. The second kappa shape index (κ2) is 9.61. The lowest BCUT2D eigenvalue weighted by atomic mass is 9.94. The number of carbonyl (C=O) groups is 1. The fourth-order valence-corrected chi connectivity index (χ4v) is 2.64. The molecule has 22 heavy (non-hydrogen) atoms. The van der Waals surface area contributed by atoms with Crippen LogP contribution in [0.5, 0.6) is 0 Å². The third kappa shape index (κ3) is 6.60. The van der Waals surface area contributed by atoms with E-state index in [9.17, 15) is 4.79 Å². The first kappa shape index (κ1) is 18.7. The van der Waals surface area contributed by atoms with E-state index in [1.807, 2.05) is 0 Å². The van der Waals surface area contributed by atoms with E-state index in [2.05, 4.69) is 58.5 Å². The first-order chi connectivity index (χ1) is 10.4. The smallest absolute Gasteiger partial charge is 0.136 e. The Morgan fingerprint density at radius 1 is 1.09 bits per heavy atom. The summed E-state index contributed by atoms with van der Waals surface area (Å²) in [6.07, 6.45) is 5.73. The van der Waals surface area contributed by atoms with Crippen molar-refractivity contribution in [1.29, 1.82) is 0 Å². The molecular weight excluding hydrogens is 268 g/mol. The number of aryl methyl sites for hydroxylation is 2. The van der Waals surface area contributed by atoms with Crippen LogP contribution in [0.25, 0.3) is 0 Å². The standard InChI is InChI=1S/C21H32O/c1-6-8-18(5)21(22)14-13-20-10-7-9-19(15-20)12-11-17(4)16(2)3/h7,9-10,15-16,18H,4,6,8,11-14H2,1-3,5H3. The van der Waals surface area contributed by atoms with E-state index >= 15 is 0 Å². The Bertz CT molecular complexity index is 484. The first-order valence-electron chi connectivity index (χ1n) is 8.72. The molecule has 0 saturated heterocycles. The van der Waals surface area contributed by atoms with Crippen LogP contribution in [0.3, 0.4) is 0 Å². The van der Waals surface area contributed by atoms with Crippen molar-refractivity contribution in [2.45, 2.75) is 66.2 Å². The molecule has 0 fully saturated rings. The van der Waals surface area contributed by atoms with Gasteiger partial charge >= 0.3 is 0 Å². The number of hydrogen-bond acceptors (Lipinski definition) is 1. The van der Waals surface area contributed by atoms with Gasteiger partial charge in [0.15, 0.2) is 0 Å². The molecule has 0 heterocycles. The van der Waals surface area contributed by atoms with Crippen LogP contribution in [0.4, 0.5) is 0 Å². The third-order valence-corrected chi connectivity index (χ3v) is 4.47. The second-order valence-electron chi connectivity index (χ2n) is 6.79. The maximum absolute atomic E-state index is 12.1. The monoisotopic (exact) mass is 300 g/mol. The SMILES string of the molecule is C=C(CCc1cccc(CCC(=O)C(C)CCC)c1)C(C)C.